The van der Waals surface area contributed by atoms with E-state index in [0.717, 1.165) is 19.3 Å². The number of anilines is 2. The number of thiophene rings is 1. The number of rotatable bonds is 10. The largest absolute Gasteiger partial charge is 0.497 e. The van der Waals surface area contributed by atoms with Gasteiger partial charge in [-0.05, 0) is 37.1 Å². The molecule has 0 aliphatic carbocycles. The molecule has 0 spiro atoms. The Hall–Kier alpha value is -2.54. The highest BCUT2D eigenvalue weighted by Gasteiger charge is 2.26. The third-order valence-electron chi connectivity index (χ3n) is 4.08. The third-order valence-corrected chi connectivity index (χ3v) is 5.24. The highest BCUT2D eigenvalue weighted by atomic mass is 32.1. The lowest BCUT2D eigenvalue weighted by atomic mass is 10.1. The van der Waals surface area contributed by atoms with Gasteiger partial charge in [0, 0.05) is 18.7 Å². The highest BCUT2D eigenvalue weighted by Crippen LogP contribution is 2.37. The number of nitrogens with two attached hydrogens (primary N) is 1. The number of nitrogen functional groups attached to an aromatic ring is 1. The van der Waals surface area contributed by atoms with E-state index in [0.29, 0.717) is 39.8 Å². The number of hydrogen-bond acceptors (Lipinski definition) is 6. The van der Waals surface area contributed by atoms with Gasteiger partial charge >= 0.3 is 0 Å². The first kappa shape index (κ1) is 20.8. The number of hydrogen-bond donors (Lipinski definition) is 3. The van der Waals surface area contributed by atoms with Gasteiger partial charge in [-0.1, -0.05) is 20.3 Å². The second-order valence-electron chi connectivity index (χ2n) is 6.14. The molecular formula is C20H27N3O3S. The van der Waals surface area contributed by atoms with Crippen molar-refractivity contribution in [3.63, 3.8) is 0 Å². The molecule has 146 valence electrons. The van der Waals surface area contributed by atoms with Gasteiger partial charge < -0.3 is 21.1 Å². The van der Waals surface area contributed by atoms with Crippen molar-refractivity contribution in [2.45, 2.75) is 33.1 Å². The van der Waals surface area contributed by atoms with E-state index in [4.69, 9.17) is 10.5 Å². The summed E-state index contributed by atoms with van der Waals surface area (Å²) in [5, 5.41) is 6.75. The van der Waals surface area contributed by atoms with E-state index in [1.165, 1.54) is 11.3 Å². The topological polar surface area (TPSA) is 93.5 Å². The Kier molecular flexibility index (Phi) is 7.67. The van der Waals surface area contributed by atoms with Gasteiger partial charge in [0.15, 0.2) is 0 Å². The Balaban J connectivity index is 2.35. The average Bonchev–Trinajstić information content (AvgIpc) is 3.02. The Morgan fingerprint density at radius 1 is 1.11 bits per heavy atom. The minimum Gasteiger partial charge on any atom is -0.497 e. The van der Waals surface area contributed by atoms with Crippen LogP contribution in [0.25, 0.3) is 0 Å². The van der Waals surface area contributed by atoms with E-state index < -0.39 is 0 Å². The van der Waals surface area contributed by atoms with Crippen LogP contribution in [0.5, 0.6) is 5.75 Å². The van der Waals surface area contributed by atoms with Crippen LogP contribution in [0.3, 0.4) is 0 Å². The second kappa shape index (κ2) is 9.97. The normalized spacial score (nSPS) is 10.5. The molecule has 0 radical (unpaired) electrons. The molecule has 0 unspecified atom stereocenters. The molecule has 1 aromatic heterocycles. The molecule has 4 N–H and O–H groups in total. The zero-order chi connectivity index (χ0) is 19.8. The Morgan fingerprint density at radius 2 is 1.81 bits per heavy atom. The molecule has 0 fully saturated rings. The van der Waals surface area contributed by atoms with Crippen LogP contribution in [0.4, 0.5) is 10.7 Å². The lowest BCUT2D eigenvalue weighted by Crippen LogP contribution is -2.25. The van der Waals surface area contributed by atoms with Crippen LogP contribution in [0, 0.1) is 0 Å². The second-order valence-corrected chi connectivity index (χ2v) is 7.16. The lowest BCUT2D eigenvalue weighted by molar-refractivity contribution is 0.0955. The lowest BCUT2D eigenvalue weighted by Gasteiger charge is -2.08. The molecule has 1 aromatic carbocycles. The number of carbonyl (C=O) groups excluding carboxylic acids is 2. The predicted molar refractivity (Wildman–Crippen MR) is 111 cm³/mol. The summed E-state index contributed by atoms with van der Waals surface area (Å²) in [5.41, 5.74) is 7.34. The first-order valence-corrected chi connectivity index (χ1v) is 9.98. The Morgan fingerprint density at radius 3 is 2.41 bits per heavy atom. The maximum Gasteiger partial charge on any atom is 0.256 e. The van der Waals surface area contributed by atoms with Crippen LogP contribution in [0.15, 0.2) is 24.3 Å². The predicted octanol–water partition coefficient (Wildman–Crippen LogP) is 3.92. The summed E-state index contributed by atoms with van der Waals surface area (Å²) in [4.78, 5) is 25.9. The Bertz CT molecular complexity index is 785. The highest BCUT2D eigenvalue weighted by molar-refractivity contribution is 7.19. The van der Waals surface area contributed by atoms with Gasteiger partial charge in [-0.3, -0.25) is 9.59 Å². The van der Waals surface area contributed by atoms with Crippen molar-refractivity contribution >= 4 is 33.7 Å². The molecule has 0 aliphatic heterocycles. The van der Waals surface area contributed by atoms with Crippen LogP contribution in [-0.2, 0) is 0 Å². The number of unbranched alkanes of at least 4 members (excludes halogenated alkanes) is 1. The molecule has 1 heterocycles. The maximum absolute atomic E-state index is 12.9. The number of carbonyl (C=O) groups is 2. The van der Waals surface area contributed by atoms with E-state index >= 15 is 0 Å². The monoisotopic (exact) mass is 389 g/mol. The van der Waals surface area contributed by atoms with E-state index in [1.54, 1.807) is 31.4 Å². The van der Waals surface area contributed by atoms with Crippen molar-refractivity contribution in [3.05, 3.63) is 40.3 Å². The van der Waals surface area contributed by atoms with Crippen molar-refractivity contribution in [1.29, 1.82) is 0 Å². The molecule has 7 heteroatoms. The number of ketones is 1. The van der Waals surface area contributed by atoms with Gasteiger partial charge in [0.25, 0.3) is 5.91 Å². The molecule has 0 saturated heterocycles. The van der Waals surface area contributed by atoms with Crippen LogP contribution in [0.2, 0.25) is 0 Å². The number of methoxy groups -OCH3 is 1. The molecule has 2 rings (SSSR count). The SMILES string of the molecule is CCCCNC(=O)c1c(NCCC)sc(C(=O)c2ccc(OC)cc2)c1N. The van der Waals surface area contributed by atoms with E-state index in [9.17, 15) is 9.59 Å². The molecule has 6 nitrogen and oxygen atoms in total. The summed E-state index contributed by atoms with van der Waals surface area (Å²) < 4.78 is 5.13. The zero-order valence-electron chi connectivity index (χ0n) is 16.1. The summed E-state index contributed by atoms with van der Waals surface area (Å²) in [7, 11) is 1.57. The smallest absolute Gasteiger partial charge is 0.256 e. The van der Waals surface area contributed by atoms with E-state index in [2.05, 4.69) is 17.6 Å². The summed E-state index contributed by atoms with van der Waals surface area (Å²) in [6.45, 7) is 5.38. The van der Waals surface area contributed by atoms with Gasteiger partial charge in [0.1, 0.15) is 15.6 Å². The fourth-order valence-electron chi connectivity index (χ4n) is 2.54. The van der Waals surface area contributed by atoms with Gasteiger partial charge in [-0.15, -0.1) is 11.3 Å². The first-order valence-electron chi connectivity index (χ1n) is 9.16. The minimum absolute atomic E-state index is 0.202. The van der Waals surface area contributed by atoms with Gasteiger partial charge in [0.2, 0.25) is 5.78 Å². The van der Waals surface area contributed by atoms with Crippen molar-refractivity contribution < 1.29 is 14.3 Å². The average molecular weight is 390 g/mol. The molecule has 0 bridgehead atoms. The van der Waals surface area contributed by atoms with E-state index in [-0.39, 0.29) is 17.4 Å². The molecule has 0 aliphatic rings. The fraction of sp³-hybridized carbons (Fsp3) is 0.400. The summed E-state index contributed by atoms with van der Waals surface area (Å²) >= 11 is 1.23. The van der Waals surface area contributed by atoms with Gasteiger partial charge in [-0.25, -0.2) is 0 Å². The molecule has 0 saturated carbocycles. The number of amides is 1. The van der Waals surface area contributed by atoms with Crippen molar-refractivity contribution in [2.75, 3.05) is 31.2 Å². The first-order chi connectivity index (χ1) is 13.0. The quantitative estimate of drug-likeness (QED) is 0.423. The van der Waals surface area contributed by atoms with Gasteiger partial charge in [0.05, 0.1) is 18.4 Å². The van der Waals surface area contributed by atoms with Crippen molar-refractivity contribution in [3.8, 4) is 5.75 Å². The van der Waals surface area contributed by atoms with Crippen LogP contribution < -0.4 is 21.1 Å². The minimum atomic E-state index is -0.246. The molecule has 2 aromatic rings. The van der Waals surface area contributed by atoms with Gasteiger partial charge in [-0.2, -0.15) is 0 Å². The zero-order valence-corrected chi connectivity index (χ0v) is 16.9. The standard InChI is InChI=1S/C20H27N3O3S/c1-4-6-12-22-19(25)15-16(21)18(27-20(15)23-11-5-2)17(24)13-7-9-14(26-3)10-8-13/h7-10,23H,4-6,11-12,21H2,1-3H3,(H,22,25). The van der Waals surface area contributed by atoms with Crippen molar-refractivity contribution in [2.24, 2.45) is 0 Å². The fourth-order valence-corrected chi connectivity index (χ4v) is 3.65. The molecular weight excluding hydrogens is 362 g/mol. The Labute approximate surface area is 164 Å². The number of benzene rings is 1. The molecule has 0 atom stereocenters. The summed E-state index contributed by atoms with van der Waals surface area (Å²) in [6.07, 6.45) is 2.78. The summed E-state index contributed by atoms with van der Waals surface area (Å²) in [5.74, 6) is 0.226. The van der Waals surface area contributed by atoms with Crippen LogP contribution >= 0.6 is 11.3 Å². The van der Waals surface area contributed by atoms with E-state index in [1.807, 2.05) is 6.92 Å². The third kappa shape index (κ3) is 5.01. The van der Waals surface area contributed by atoms with Crippen LogP contribution in [0.1, 0.15) is 58.7 Å². The van der Waals surface area contributed by atoms with Crippen LogP contribution in [-0.4, -0.2) is 31.9 Å². The number of nitrogens with one attached hydrogen (secondary N) is 2. The number of ether oxygens (including phenoxy) is 1. The summed E-state index contributed by atoms with van der Waals surface area (Å²) in [6, 6.07) is 6.85. The van der Waals surface area contributed by atoms with Crippen molar-refractivity contribution in [1.82, 2.24) is 5.32 Å². The molecule has 27 heavy (non-hydrogen) atoms. The maximum atomic E-state index is 12.9. The molecule has 1 amide bonds.